The molecule has 2 nitrogen and oxygen atoms in total. The summed E-state index contributed by atoms with van der Waals surface area (Å²) in [4.78, 5) is 10.7. The van der Waals surface area contributed by atoms with Crippen molar-refractivity contribution in [3.8, 4) is 0 Å². The Kier molecular flexibility index (Phi) is 2.02. The SMILES string of the molecule is CC1CC(F)c2ccc(C(=O)O)cc21. The maximum absolute atomic E-state index is 13.4. The number of carboxylic acids is 1. The van der Waals surface area contributed by atoms with Gasteiger partial charge < -0.3 is 5.11 Å². The van der Waals surface area contributed by atoms with Crippen molar-refractivity contribution in [2.24, 2.45) is 0 Å². The van der Waals surface area contributed by atoms with E-state index in [9.17, 15) is 9.18 Å². The van der Waals surface area contributed by atoms with Gasteiger partial charge >= 0.3 is 5.97 Å². The van der Waals surface area contributed by atoms with E-state index in [2.05, 4.69) is 0 Å². The third-order valence-electron chi connectivity index (χ3n) is 2.76. The van der Waals surface area contributed by atoms with Crippen LogP contribution in [0, 0.1) is 0 Å². The monoisotopic (exact) mass is 194 g/mol. The molecule has 2 atom stereocenters. The predicted molar refractivity (Wildman–Crippen MR) is 50.3 cm³/mol. The first-order chi connectivity index (χ1) is 6.59. The summed E-state index contributed by atoms with van der Waals surface area (Å²) in [7, 11) is 0. The van der Waals surface area contributed by atoms with Gasteiger partial charge in [0.1, 0.15) is 6.17 Å². The van der Waals surface area contributed by atoms with Crippen molar-refractivity contribution in [3.63, 3.8) is 0 Å². The number of rotatable bonds is 1. The van der Waals surface area contributed by atoms with Crippen molar-refractivity contribution >= 4 is 5.97 Å². The first kappa shape index (κ1) is 9.19. The Bertz CT molecular complexity index is 387. The van der Waals surface area contributed by atoms with Gasteiger partial charge in [-0.1, -0.05) is 13.0 Å². The summed E-state index contributed by atoms with van der Waals surface area (Å²) >= 11 is 0. The fraction of sp³-hybridized carbons (Fsp3) is 0.364. The Morgan fingerprint density at radius 1 is 1.50 bits per heavy atom. The molecule has 1 aliphatic carbocycles. The number of hydrogen-bond acceptors (Lipinski definition) is 1. The van der Waals surface area contributed by atoms with Crippen LogP contribution in [0.3, 0.4) is 0 Å². The molecule has 1 aromatic carbocycles. The van der Waals surface area contributed by atoms with Gasteiger partial charge in [0.15, 0.2) is 0 Å². The summed E-state index contributed by atoms with van der Waals surface area (Å²) in [5, 5.41) is 8.77. The van der Waals surface area contributed by atoms with E-state index in [1.807, 2.05) is 6.92 Å². The second kappa shape index (κ2) is 3.08. The van der Waals surface area contributed by atoms with E-state index < -0.39 is 12.1 Å². The molecule has 0 amide bonds. The Labute approximate surface area is 81.4 Å². The molecule has 0 aromatic heterocycles. The molecule has 2 unspecified atom stereocenters. The Morgan fingerprint density at radius 3 is 2.86 bits per heavy atom. The Hall–Kier alpha value is -1.38. The molecule has 74 valence electrons. The summed E-state index contributed by atoms with van der Waals surface area (Å²) in [6.07, 6.45) is -0.457. The number of aromatic carboxylic acids is 1. The van der Waals surface area contributed by atoms with Crippen LogP contribution in [0.1, 0.15) is 46.9 Å². The summed E-state index contributed by atoms with van der Waals surface area (Å²) in [5.41, 5.74) is 1.74. The number of hydrogen-bond donors (Lipinski definition) is 1. The second-order valence-electron chi connectivity index (χ2n) is 3.75. The smallest absolute Gasteiger partial charge is 0.335 e. The van der Waals surface area contributed by atoms with E-state index in [1.54, 1.807) is 12.1 Å². The summed E-state index contributed by atoms with van der Waals surface area (Å²) < 4.78 is 13.4. The lowest BCUT2D eigenvalue weighted by molar-refractivity contribution is 0.0696. The molecular formula is C11H11FO2. The zero-order chi connectivity index (χ0) is 10.3. The molecule has 0 aliphatic heterocycles. The third kappa shape index (κ3) is 1.29. The zero-order valence-corrected chi connectivity index (χ0v) is 7.83. The van der Waals surface area contributed by atoms with Gasteiger partial charge in [-0.2, -0.15) is 0 Å². The van der Waals surface area contributed by atoms with Gasteiger partial charge in [-0.3, -0.25) is 0 Å². The van der Waals surface area contributed by atoms with Crippen molar-refractivity contribution < 1.29 is 14.3 Å². The lowest BCUT2D eigenvalue weighted by atomic mass is 10.0. The highest BCUT2D eigenvalue weighted by atomic mass is 19.1. The van der Waals surface area contributed by atoms with Crippen molar-refractivity contribution in [3.05, 3.63) is 34.9 Å². The van der Waals surface area contributed by atoms with E-state index in [4.69, 9.17) is 5.11 Å². The van der Waals surface area contributed by atoms with Crippen LogP contribution in [0.4, 0.5) is 4.39 Å². The summed E-state index contributed by atoms with van der Waals surface area (Å²) in [6.45, 7) is 1.92. The molecule has 0 bridgehead atoms. The molecule has 1 N–H and O–H groups in total. The molecule has 0 radical (unpaired) electrons. The van der Waals surface area contributed by atoms with Crippen LogP contribution < -0.4 is 0 Å². The van der Waals surface area contributed by atoms with Crippen molar-refractivity contribution in [2.75, 3.05) is 0 Å². The number of fused-ring (bicyclic) bond motifs is 1. The average Bonchev–Trinajstić information content (AvgIpc) is 2.42. The number of benzene rings is 1. The standard InChI is InChI=1S/C11H11FO2/c1-6-4-10(12)8-3-2-7(11(13)14)5-9(6)8/h2-3,5-6,10H,4H2,1H3,(H,13,14). The fourth-order valence-corrected chi connectivity index (χ4v) is 1.98. The largest absolute Gasteiger partial charge is 0.478 e. The van der Waals surface area contributed by atoms with Gasteiger partial charge in [-0.25, -0.2) is 9.18 Å². The van der Waals surface area contributed by atoms with E-state index in [0.29, 0.717) is 12.0 Å². The fourth-order valence-electron chi connectivity index (χ4n) is 1.98. The number of carbonyl (C=O) groups is 1. The first-order valence-electron chi connectivity index (χ1n) is 4.61. The van der Waals surface area contributed by atoms with Crippen LogP contribution in [-0.4, -0.2) is 11.1 Å². The van der Waals surface area contributed by atoms with E-state index in [0.717, 1.165) is 5.56 Å². The van der Waals surface area contributed by atoms with Crippen molar-refractivity contribution in [2.45, 2.75) is 25.4 Å². The maximum atomic E-state index is 13.4. The lowest BCUT2D eigenvalue weighted by Gasteiger charge is -2.04. The number of alkyl halides is 1. The van der Waals surface area contributed by atoms with Gasteiger partial charge in [0.2, 0.25) is 0 Å². The van der Waals surface area contributed by atoms with Crippen molar-refractivity contribution in [1.29, 1.82) is 0 Å². The zero-order valence-electron chi connectivity index (χ0n) is 7.83. The molecule has 0 heterocycles. The minimum atomic E-state index is -0.956. The van der Waals surface area contributed by atoms with E-state index in [-0.39, 0.29) is 11.5 Å². The number of halogens is 1. The number of carboxylic acid groups (broad SMARTS) is 1. The van der Waals surface area contributed by atoms with Gasteiger partial charge in [0.25, 0.3) is 0 Å². The minimum Gasteiger partial charge on any atom is -0.478 e. The van der Waals surface area contributed by atoms with Crippen LogP contribution in [-0.2, 0) is 0 Å². The highest BCUT2D eigenvalue weighted by molar-refractivity contribution is 5.88. The van der Waals surface area contributed by atoms with Gasteiger partial charge in [-0.05, 0) is 35.6 Å². The van der Waals surface area contributed by atoms with Gasteiger partial charge in [-0.15, -0.1) is 0 Å². The molecule has 3 heteroatoms. The molecule has 1 aliphatic rings. The van der Waals surface area contributed by atoms with Gasteiger partial charge in [0, 0.05) is 0 Å². The van der Waals surface area contributed by atoms with Crippen LogP contribution in [0.2, 0.25) is 0 Å². The quantitative estimate of drug-likeness (QED) is 0.746. The highest BCUT2D eigenvalue weighted by Crippen LogP contribution is 2.42. The lowest BCUT2D eigenvalue weighted by Crippen LogP contribution is -1.98. The topological polar surface area (TPSA) is 37.3 Å². The predicted octanol–water partition coefficient (Wildman–Crippen LogP) is 2.90. The van der Waals surface area contributed by atoms with Crippen LogP contribution in [0.5, 0.6) is 0 Å². The third-order valence-corrected chi connectivity index (χ3v) is 2.76. The first-order valence-corrected chi connectivity index (χ1v) is 4.61. The van der Waals surface area contributed by atoms with Crippen molar-refractivity contribution in [1.82, 2.24) is 0 Å². The van der Waals surface area contributed by atoms with Crippen LogP contribution >= 0.6 is 0 Å². The van der Waals surface area contributed by atoms with Gasteiger partial charge in [0.05, 0.1) is 5.56 Å². The molecule has 0 fully saturated rings. The van der Waals surface area contributed by atoms with E-state index >= 15 is 0 Å². The van der Waals surface area contributed by atoms with E-state index in [1.165, 1.54) is 6.07 Å². The molecule has 0 saturated heterocycles. The average molecular weight is 194 g/mol. The molecular weight excluding hydrogens is 183 g/mol. The summed E-state index contributed by atoms with van der Waals surface area (Å²) in [6, 6.07) is 4.64. The normalized spacial score (nSPS) is 24.7. The summed E-state index contributed by atoms with van der Waals surface area (Å²) in [5.74, 6) is -0.832. The van der Waals surface area contributed by atoms with Crippen LogP contribution in [0.15, 0.2) is 18.2 Å². The molecule has 2 rings (SSSR count). The maximum Gasteiger partial charge on any atom is 0.335 e. The molecule has 1 aromatic rings. The molecule has 0 saturated carbocycles. The second-order valence-corrected chi connectivity index (χ2v) is 3.75. The Morgan fingerprint density at radius 2 is 2.21 bits per heavy atom. The molecule has 0 spiro atoms. The minimum absolute atomic E-state index is 0.124. The van der Waals surface area contributed by atoms with Crippen LogP contribution in [0.25, 0.3) is 0 Å². The highest BCUT2D eigenvalue weighted by Gasteiger charge is 2.28. The molecule has 14 heavy (non-hydrogen) atoms. The Balaban J connectivity index is 2.50.